The van der Waals surface area contributed by atoms with E-state index >= 15 is 0 Å². The number of anilines is 1. The first kappa shape index (κ1) is 16.7. The van der Waals surface area contributed by atoms with E-state index in [2.05, 4.69) is 15.3 Å². The van der Waals surface area contributed by atoms with Crippen molar-refractivity contribution >= 4 is 23.3 Å². The Kier molecular flexibility index (Phi) is 4.71. The first-order valence-corrected chi connectivity index (χ1v) is 8.13. The van der Waals surface area contributed by atoms with Gasteiger partial charge in [-0.25, -0.2) is 14.4 Å². The average Bonchev–Trinajstić information content (AvgIpc) is 2.95. The highest BCUT2D eigenvalue weighted by atomic mass is 35.5. The summed E-state index contributed by atoms with van der Waals surface area (Å²) < 4.78 is 15.8. The smallest absolute Gasteiger partial charge is 0.222 e. The summed E-state index contributed by atoms with van der Waals surface area (Å²) in [5, 5.41) is 3.29. The van der Waals surface area contributed by atoms with Gasteiger partial charge in [0, 0.05) is 51.6 Å². The van der Waals surface area contributed by atoms with Gasteiger partial charge in [0.2, 0.25) is 5.91 Å². The molecule has 3 rings (SSSR count). The standard InChI is InChI=1S/C16H19ClFN5O/c1-22-6-5-19-16(22)14-10(3-4-13(24)23(14)2)8-20-15-12(18)7-11(17)9-21-15/h5-7,9-10,14H,3-4,8H2,1-2H3,(H,20,21)/t10-,14+/m1/s1. The zero-order valence-electron chi connectivity index (χ0n) is 13.5. The lowest BCUT2D eigenvalue weighted by atomic mass is 9.88. The largest absolute Gasteiger partial charge is 0.367 e. The number of aromatic nitrogens is 3. The quantitative estimate of drug-likeness (QED) is 0.919. The topological polar surface area (TPSA) is 63.1 Å². The summed E-state index contributed by atoms with van der Waals surface area (Å²) in [4.78, 5) is 22.2. The number of carbonyl (C=O) groups is 1. The molecule has 2 atom stereocenters. The fourth-order valence-electron chi connectivity index (χ4n) is 3.15. The third kappa shape index (κ3) is 3.21. The van der Waals surface area contributed by atoms with Crippen molar-refractivity contribution in [3.05, 3.63) is 41.3 Å². The summed E-state index contributed by atoms with van der Waals surface area (Å²) in [6.45, 7) is 0.487. The third-order valence-corrected chi connectivity index (χ3v) is 4.66. The minimum atomic E-state index is -0.490. The van der Waals surface area contributed by atoms with Crippen LogP contribution in [0.3, 0.4) is 0 Å². The van der Waals surface area contributed by atoms with Crippen molar-refractivity contribution in [1.82, 2.24) is 19.4 Å². The summed E-state index contributed by atoms with van der Waals surface area (Å²) >= 11 is 5.72. The van der Waals surface area contributed by atoms with Crippen molar-refractivity contribution in [2.24, 2.45) is 13.0 Å². The van der Waals surface area contributed by atoms with Crippen molar-refractivity contribution in [3.63, 3.8) is 0 Å². The molecule has 1 fully saturated rings. The van der Waals surface area contributed by atoms with Gasteiger partial charge in [-0.3, -0.25) is 4.79 Å². The van der Waals surface area contributed by atoms with Crippen LogP contribution in [0.15, 0.2) is 24.7 Å². The monoisotopic (exact) mass is 351 g/mol. The van der Waals surface area contributed by atoms with E-state index in [4.69, 9.17) is 11.6 Å². The number of nitrogens with zero attached hydrogens (tertiary/aromatic N) is 4. The van der Waals surface area contributed by atoms with Crippen molar-refractivity contribution in [3.8, 4) is 0 Å². The van der Waals surface area contributed by atoms with Gasteiger partial charge in [-0.2, -0.15) is 0 Å². The molecule has 1 amide bonds. The van der Waals surface area contributed by atoms with Gasteiger partial charge >= 0.3 is 0 Å². The van der Waals surface area contributed by atoms with Crippen LogP contribution in [0.5, 0.6) is 0 Å². The molecule has 1 aliphatic heterocycles. The lowest BCUT2D eigenvalue weighted by Crippen LogP contribution is -2.43. The van der Waals surface area contributed by atoms with Crippen molar-refractivity contribution in [2.45, 2.75) is 18.9 Å². The second-order valence-electron chi connectivity index (χ2n) is 6.01. The Balaban J connectivity index is 1.79. The number of nitrogens with one attached hydrogen (secondary N) is 1. The van der Waals surface area contributed by atoms with E-state index in [1.807, 2.05) is 17.8 Å². The number of carbonyl (C=O) groups excluding carboxylic acids is 1. The number of piperidine rings is 1. The van der Waals surface area contributed by atoms with Crippen LogP contribution in [0.2, 0.25) is 5.02 Å². The van der Waals surface area contributed by atoms with Crippen LogP contribution >= 0.6 is 11.6 Å². The summed E-state index contributed by atoms with van der Waals surface area (Å²) in [6.07, 6.45) is 6.16. The molecule has 0 spiro atoms. The molecule has 0 aliphatic carbocycles. The van der Waals surface area contributed by atoms with E-state index in [-0.39, 0.29) is 28.7 Å². The van der Waals surface area contributed by atoms with Gasteiger partial charge in [-0.15, -0.1) is 0 Å². The van der Waals surface area contributed by atoms with Crippen molar-refractivity contribution in [2.75, 3.05) is 18.9 Å². The average molecular weight is 352 g/mol. The zero-order valence-corrected chi connectivity index (χ0v) is 14.3. The number of rotatable bonds is 4. The molecular weight excluding hydrogens is 333 g/mol. The van der Waals surface area contributed by atoms with Crippen LogP contribution in [-0.2, 0) is 11.8 Å². The number of aryl methyl sites for hydroxylation is 1. The fraction of sp³-hybridized carbons (Fsp3) is 0.438. The van der Waals surface area contributed by atoms with E-state index in [9.17, 15) is 9.18 Å². The molecule has 3 heterocycles. The van der Waals surface area contributed by atoms with E-state index in [1.165, 1.54) is 12.3 Å². The molecule has 0 aromatic carbocycles. The molecule has 6 nitrogen and oxygen atoms in total. The number of likely N-dealkylation sites (tertiary alicyclic amines) is 1. The van der Waals surface area contributed by atoms with Crippen LogP contribution in [-0.4, -0.2) is 38.9 Å². The van der Waals surface area contributed by atoms with E-state index in [0.29, 0.717) is 19.4 Å². The Hall–Kier alpha value is -2.15. The summed E-state index contributed by atoms with van der Waals surface area (Å²) in [6, 6.07) is 1.07. The number of imidazole rings is 1. The second kappa shape index (κ2) is 6.76. The summed E-state index contributed by atoms with van der Waals surface area (Å²) in [5.74, 6) is 0.691. The zero-order chi connectivity index (χ0) is 17.3. The first-order chi connectivity index (χ1) is 11.5. The maximum Gasteiger partial charge on any atom is 0.222 e. The van der Waals surface area contributed by atoms with Gasteiger partial charge < -0.3 is 14.8 Å². The first-order valence-electron chi connectivity index (χ1n) is 7.75. The molecular formula is C16H19ClFN5O. The molecule has 0 saturated carbocycles. The van der Waals surface area contributed by atoms with Gasteiger partial charge in [0.05, 0.1) is 11.1 Å². The van der Waals surface area contributed by atoms with E-state index in [0.717, 1.165) is 5.82 Å². The van der Waals surface area contributed by atoms with Crippen LogP contribution in [0.1, 0.15) is 24.7 Å². The number of hydrogen-bond donors (Lipinski definition) is 1. The van der Waals surface area contributed by atoms with Gasteiger partial charge in [0.25, 0.3) is 0 Å². The van der Waals surface area contributed by atoms with Gasteiger partial charge in [0.15, 0.2) is 11.6 Å². The van der Waals surface area contributed by atoms with Crippen molar-refractivity contribution < 1.29 is 9.18 Å². The summed E-state index contributed by atoms with van der Waals surface area (Å²) in [7, 11) is 3.69. The lowest BCUT2D eigenvalue weighted by molar-refractivity contribution is -0.137. The van der Waals surface area contributed by atoms with Gasteiger partial charge in [-0.05, 0) is 12.5 Å². The maximum absolute atomic E-state index is 13.9. The highest BCUT2D eigenvalue weighted by molar-refractivity contribution is 6.30. The Morgan fingerprint density at radius 1 is 1.42 bits per heavy atom. The van der Waals surface area contributed by atoms with Crippen LogP contribution < -0.4 is 5.32 Å². The molecule has 24 heavy (non-hydrogen) atoms. The second-order valence-corrected chi connectivity index (χ2v) is 6.45. The molecule has 1 N–H and O–H groups in total. The molecule has 8 heteroatoms. The summed E-state index contributed by atoms with van der Waals surface area (Å²) in [5.41, 5.74) is 0. The fourth-order valence-corrected chi connectivity index (χ4v) is 3.29. The normalized spacial score (nSPS) is 21.2. The number of amides is 1. The highest BCUT2D eigenvalue weighted by Gasteiger charge is 2.36. The van der Waals surface area contributed by atoms with E-state index < -0.39 is 5.82 Å². The number of halogens is 2. The molecule has 0 bridgehead atoms. The molecule has 2 aromatic rings. The SMILES string of the molecule is CN1C(=O)CC[C@H](CNc2ncc(Cl)cc2F)[C@H]1c1nccn1C. The number of pyridine rings is 1. The minimum absolute atomic E-state index is 0.0926. The minimum Gasteiger partial charge on any atom is -0.367 e. The molecule has 0 radical (unpaired) electrons. The van der Waals surface area contributed by atoms with E-state index in [1.54, 1.807) is 18.1 Å². The maximum atomic E-state index is 13.9. The van der Waals surface area contributed by atoms with Crippen LogP contribution in [0.4, 0.5) is 10.2 Å². The van der Waals surface area contributed by atoms with Gasteiger partial charge in [0.1, 0.15) is 5.82 Å². The Labute approximate surface area is 144 Å². The Bertz CT molecular complexity index is 750. The van der Waals surface area contributed by atoms with Crippen LogP contribution in [0, 0.1) is 11.7 Å². The molecule has 2 aromatic heterocycles. The Morgan fingerprint density at radius 2 is 2.21 bits per heavy atom. The molecule has 0 unspecified atom stereocenters. The number of hydrogen-bond acceptors (Lipinski definition) is 4. The van der Waals surface area contributed by atoms with Crippen LogP contribution in [0.25, 0.3) is 0 Å². The predicted octanol–water partition coefficient (Wildman–Crippen LogP) is 2.63. The highest BCUT2D eigenvalue weighted by Crippen LogP contribution is 2.35. The van der Waals surface area contributed by atoms with Gasteiger partial charge in [-0.1, -0.05) is 11.6 Å². The Morgan fingerprint density at radius 3 is 2.88 bits per heavy atom. The third-order valence-electron chi connectivity index (χ3n) is 4.45. The van der Waals surface area contributed by atoms with Crippen molar-refractivity contribution in [1.29, 1.82) is 0 Å². The lowest BCUT2D eigenvalue weighted by Gasteiger charge is -2.38. The molecule has 1 aliphatic rings. The molecule has 128 valence electrons. The predicted molar refractivity (Wildman–Crippen MR) is 89.1 cm³/mol. The molecule has 1 saturated heterocycles.